The molecule has 0 radical (unpaired) electrons. The van der Waals surface area contributed by atoms with Crippen molar-refractivity contribution in [2.24, 2.45) is 5.92 Å². The molecule has 1 aromatic rings. The summed E-state index contributed by atoms with van der Waals surface area (Å²) in [6, 6.07) is 2.26. The Balaban J connectivity index is 3.31. The third-order valence-corrected chi connectivity index (χ3v) is 4.49. The molecular formula is C15H23Cl. The average Bonchev–Trinajstić information content (AvgIpc) is 2.25. The quantitative estimate of drug-likeness (QED) is 0.632. The molecule has 0 aromatic heterocycles. The molecule has 0 saturated heterocycles. The van der Waals surface area contributed by atoms with E-state index >= 15 is 0 Å². The lowest BCUT2D eigenvalue weighted by atomic mass is 9.87. The van der Waals surface area contributed by atoms with Gasteiger partial charge in [-0.1, -0.05) is 26.3 Å². The Morgan fingerprint density at radius 1 is 1.06 bits per heavy atom. The predicted molar refractivity (Wildman–Crippen MR) is 73.4 cm³/mol. The van der Waals surface area contributed by atoms with Crippen molar-refractivity contribution in [2.45, 2.75) is 53.3 Å². The average molecular weight is 239 g/mol. The van der Waals surface area contributed by atoms with E-state index in [0.29, 0.717) is 5.92 Å². The Labute approximate surface area is 105 Å². The SMILES string of the molecule is CCC(C)C(Cl)c1c(C)c(C)cc(C)c1C. The fourth-order valence-corrected chi connectivity index (χ4v) is 2.66. The molecule has 0 fully saturated rings. The number of benzene rings is 1. The Morgan fingerprint density at radius 2 is 1.50 bits per heavy atom. The molecule has 1 heteroatoms. The van der Waals surface area contributed by atoms with Crippen molar-refractivity contribution in [1.29, 1.82) is 0 Å². The van der Waals surface area contributed by atoms with Crippen LogP contribution in [0, 0.1) is 33.6 Å². The summed E-state index contributed by atoms with van der Waals surface area (Å²) in [6.45, 7) is 13.2. The van der Waals surface area contributed by atoms with E-state index in [2.05, 4.69) is 47.6 Å². The Hall–Kier alpha value is -0.490. The zero-order chi connectivity index (χ0) is 12.5. The standard InChI is InChI=1S/C15H23Cl/c1-7-9(2)15(16)14-12(5)10(3)8-11(4)13(14)6/h8-9,15H,7H2,1-6H3. The zero-order valence-corrected chi connectivity index (χ0v) is 12.1. The molecule has 16 heavy (non-hydrogen) atoms. The molecule has 0 amide bonds. The monoisotopic (exact) mass is 238 g/mol. The van der Waals surface area contributed by atoms with Gasteiger partial charge in [0.2, 0.25) is 0 Å². The number of halogens is 1. The number of rotatable bonds is 3. The van der Waals surface area contributed by atoms with Gasteiger partial charge in [-0.2, -0.15) is 0 Å². The highest BCUT2D eigenvalue weighted by Gasteiger charge is 2.20. The second-order valence-electron chi connectivity index (χ2n) is 4.96. The molecule has 0 nitrogen and oxygen atoms in total. The van der Waals surface area contributed by atoms with Crippen LogP contribution in [0.3, 0.4) is 0 Å². The number of alkyl halides is 1. The van der Waals surface area contributed by atoms with E-state index in [9.17, 15) is 0 Å². The van der Waals surface area contributed by atoms with Crippen molar-refractivity contribution in [3.8, 4) is 0 Å². The van der Waals surface area contributed by atoms with Gasteiger partial charge in [-0.3, -0.25) is 0 Å². The normalized spacial score (nSPS) is 14.9. The van der Waals surface area contributed by atoms with Gasteiger partial charge in [0.05, 0.1) is 5.38 Å². The molecule has 90 valence electrons. The minimum atomic E-state index is 0.142. The summed E-state index contributed by atoms with van der Waals surface area (Å²) in [5, 5.41) is 0.142. The summed E-state index contributed by atoms with van der Waals surface area (Å²) in [5.74, 6) is 0.528. The molecule has 0 bridgehead atoms. The van der Waals surface area contributed by atoms with E-state index in [4.69, 9.17) is 11.6 Å². The summed E-state index contributed by atoms with van der Waals surface area (Å²) in [7, 11) is 0. The summed E-state index contributed by atoms with van der Waals surface area (Å²) >= 11 is 6.61. The fourth-order valence-electron chi connectivity index (χ4n) is 2.15. The van der Waals surface area contributed by atoms with E-state index in [1.165, 1.54) is 27.8 Å². The molecule has 1 rings (SSSR count). The molecule has 0 heterocycles. The first-order chi connectivity index (χ1) is 7.40. The number of aryl methyl sites for hydroxylation is 2. The molecule has 2 atom stereocenters. The predicted octanol–water partition coefficient (Wildman–Crippen LogP) is 5.25. The largest absolute Gasteiger partial charge is 0.118 e. The molecule has 0 aliphatic heterocycles. The maximum Gasteiger partial charge on any atom is 0.0616 e. The van der Waals surface area contributed by atoms with Gasteiger partial charge in [-0.25, -0.2) is 0 Å². The lowest BCUT2D eigenvalue weighted by Crippen LogP contribution is -2.08. The van der Waals surface area contributed by atoms with E-state index in [-0.39, 0.29) is 5.38 Å². The van der Waals surface area contributed by atoms with Gasteiger partial charge in [0.15, 0.2) is 0 Å². The van der Waals surface area contributed by atoms with Crippen molar-refractivity contribution in [1.82, 2.24) is 0 Å². The van der Waals surface area contributed by atoms with Crippen LogP contribution in [0.1, 0.15) is 53.5 Å². The molecule has 0 spiro atoms. The van der Waals surface area contributed by atoms with Gasteiger partial charge in [0.1, 0.15) is 0 Å². The van der Waals surface area contributed by atoms with Crippen LogP contribution in [0.5, 0.6) is 0 Å². The van der Waals surface area contributed by atoms with Crippen molar-refractivity contribution >= 4 is 11.6 Å². The number of hydrogen-bond donors (Lipinski definition) is 0. The van der Waals surface area contributed by atoms with Gasteiger partial charge < -0.3 is 0 Å². The van der Waals surface area contributed by atoms with Crippen LogP contribution in [0.15, 0.2) is 6.07 Å². The highest BCUT2D eigenvalue weighted by Crippen LogP contribution is 2.37. The summed E-state index contributed by atoms with van der Waals surface area (Å²) in [4.78, 5) is 0. The van der Waals surface area contributed by atoms with E-state index < -0.39 is 0 Å². The van der Waals surface area contributed by atoms with Crippen molar-refractivity contribution < 1.29 is 0 Å². The van der Waals surface area contributed by atoms with Gasteiger partial charge in [-0.15, -0.1) is 11.6 Å². The van der Waals surface area contributed by atoms with Crippen LogP contribution in [-0.2, 0) is 0 Å². The van der Waals surface area contributed by atoms with Crippen LogP contribution in [0.2, 0.25) is 0 Å². The first kappa shape index (κ1) is 13.6. The lowest BCUT2D eigenvalue weighted by molar-refractivity contribution is 0.539. The molecule has 0 N–H and O–H groups in total. The van der Waals surface area contributed by atoms with Crippen LogP contribution >= 0.6 is 11.6 Å². The zero-order valence-electron chi connectivity index (χ0n) is 11.3. The van der Waals surface area contributed by atoms with Gasteiger partial charge in [-0.05, 0) is 61.4 Å². The molecular weight excluding hydrogens is 216 g/mol. The minimum Gasteiger partial charge on any atom is -0.118 e. The van der Waals surface area contributed by atoms with Gasteiger partial charge in [0.25, 0.3) is 0 Å². The van der Waals surface area contributed by atoms with Gasteiger partial charge >= 0.3 is 0 Å². The highest BCUT2D eigenvalue weighted by atomic mass is 35.5. The van der Waals surface area contributed by atoms with Crippen LogP contribution in [0.4, 0.5) is 0 Å². The Kier molecular flexibility index (Phi) is 4.43. The maximum atomic E-state index is 6.61. The third-order valence-electron chi connectivity index (χ3n) is 3.84. The Morgan fingerprint density at radius 3 is 1.88 bits per heavy atom. The van der Waals surface area contributed by atoms with Crippen LogP contribution in [-0.4, -0.2) is 0 Å². The maximum absolute atomic E-state index is 6.61. The van der Waals surface area contributed by atoms with E-state index in [1.807, 2.05) is 0 Å². The second kappa shape index (κ2) is 5.23. The van der Waals surface area contributed by atoms with Crippen molar-refractivity contribution in [2.75, 3.05) is 0 Å². The smallest absolute Gasteiger partial charge is 0.0616 e. The first-order valence-electron chi connectivity index (χ1n) is 6.11. The molecule has 0 aliphatic rings. The first-order valence-corrected chi connectivity index (χ1v) is 6.55. The fraction of sp³-hybridized carbons (Fsp3) is 0.600. The van der Waals surface area contributed by atoms with Crippen molar-refractivity contribution in [3.63, 3.8) is 0 Å². The molecule has 2 unspecified atom stereocenters. The molecule has 1 aromatic carbocycles. The summed E-state index contributed by atoms with van der Waals surface area (Å²) in [6.07, 6.45) is 1.13. The van der Waals surface area contributed by atoms with E-state index in [1.54, 1.807) is 0 Å². The molecule has 0 aliphatic carbocycles. The van der Waals surface area contributed by atoms with E-state index in [0.717, 1.165) is 6.42 Å². The highest BCUT2D eigenvalue weighted by molar-refractivity contribution is 6.21. The van der Waals surface area contributed by atoms with Gasteiger partial charge in [0, 0.05) is 0 Å². The number of hydrogen-bond acceptors (Lipinski definition) is 0. The van der Waals surface area contributed by atoms with Crippen molar-refractivity contribution in [3.05, 3.63) is 33.9 Å². The minimum absolute atomic E-state index is 0.142. The topological polar surface area (TPSA) is 0 Å². The molecule has 0 saturated carbocycles. The Bertz CT molecular complexity index is 353. The third kappa shape index (κ3) is 2.43. The lowest BCUT2D eigenvalue weighted by Gasteiger charge is -2.23. The van der Waals surface area contributed by atoms with Crippen LogP contribution in [0.25, 0.3) is 0 Å². The summed E-state index contributed by atoms with van der Waals surface area (Å²) < 4.78 is 0. The summed E-state index contributed by atoms with van der Waals surface area (Å²) in [5.41, 5.74) is 6.79. The second-order valence-corrected chi connectivity index (χ2v) is 5.43. The van der Waals surface area contributed by atoms with Crippen LogP contribution < -0.4 is 0 Å².